The molecule has 2 heteroatoms. The van der Waals surface area contributed by atoms with Gasteiger partial charge in [-0.1, -0.05) is 18.2 Å². The molecule has 2 aromatic carbocycles. The van der Waals surface area contributed by atoms with Crippen LogP contribution in [0.2, 0.25) is 0 Å². The summed E-state index contributed by atoms with van der Waals surface area (Å²) in [7, 11) is 0. The van der Waals surface area contributed by atoms with Gasteiger partial charge in [0.15, 0.2) is 0 Å². The van der Waals surface area contributed by atoms with E-state index in [9.17, 15) is 5.11 Å². The summed E-state index contributed by atoms with van der Waals surface area (Å²) in [4.78, 5) is 0. The topological polar surface area (TPSA) is 40.5 Å². The van der Waals surface area contributed by atoms with Gasteiger partial charge in [0, 0.05) is 0 Å². The van der Waals surface area contributed by atoms with Crippen LogP contribution in [0.1, 0.15) is 5.56 Å². The highest BCUT2D eigenvalue weighted by atomic mass is 16.3. The molecule has 0 aromatic heterocycles. The van der Waals surface area contributed by atoms with Crippen molar-refractivity contribution in [2.24, 2.45) is 0 Å². The number of phenols is 2. The molecule has 0 saturated heterocycles. The van der Waals surface area contributed by atoms with Crippen LogP contribution in [-0.4, -0.2) is 10.2 Å². The molecule has 2 N–H and O–H groups in total. The molecule has 2 aromatic rings. The standard InChI is InChI=1S/C13H11O2/c1-9-12(3-2-4-13(9)15)10-5-7-11(14)8-6-10/h2,4-8,14-15H,1H3. The zero-order valence-corrected chi connectivity index (χ0v) is 8.36. The molecule has 15 heavy (non-hydrogen) atoms. The van der Waals surface area contributed by atoms with Crippen LogP contribution in [-0.2, 0) is 0 Å². The number of benzene rings is 2. The predicted molar refractivity (Wildman–Crippen MR) is 58.8 cm³/mol. The lowest BCUT2D eigenvalue weighted by atomic mass is 10.00. The highest BCUT2D eigenvalue weighted by Crippen LogP contribution is 2.29. The third kappa shape index (κ3) is 1.79. The van der Waals surface area contributed by atoms with E-state index in [1.165, 1.54) is 0 Å². The molecule has 75 valence electrons. The Bertz CT molecular complexity index is 472. The first-order valence-electron chi connectivity index (χ1n) is 4.68. The lowest BCUT2D eigenvalue weighted by Crippen LogP contribution is -1.83. The summed E-state index contributed by atoms with van der Waals surface area (Å²) in [6.45, 7) is 1.84. The third-order valence-electron chi connectivity index (χ3n) is 2.38. The summed E-state index contributed by atoms with van der Waals surface area (Å²) in [6.07, 6.45) is 0. The fourth-order valence-corrected chi connectivity index (χ4v) is 1.49. The number of rotatable bonds is 1. The van der Waals surface area contributed by atoms with Gasteiger partial charge in [-0.15, -0.1) is 0 Å². The minimum Gasteiger partial charge on any atom is -0.508 e. The van der Waals surface area contributed by atoms with E-state index in [4.69, 9.17) is 5.11 Å². The zero-order valence-electron chi connectivity index (χ0n) is 8.36. The average molecular weight is 199 g/mol. The molecule has 0 amide bonds. The summed E-state index contributed by atoms with van der Waals surface area (Å²) in [5, 5.41) is 18.7. The minimum absolute atomic E-state index is 0.233. The second-order valence-electron chi connectivity index (χ2n) is 3.41. The molecule has 0 unspecified atom stereocenters. The molecule has 0 aliphatic carbocycles. The van der Waals surface area contributed by atoms with E-state index in [-0.39, 0.29) is 11.5 Å². The van der Waals surface area contributed by atoms with Gasteiger partial charge in [0.25, 0.3) is 0 Å². The van der Waals surface area contributed by atoms with Crippen LogP contribution in [0.25, 0.3) is 11.1 Å². The van der Waals surface area contributed by atoms with Crippen LogP contribution in [0.5, 0.6) is 11.5 Å². The molecule has 0 aliphatic heterocycles. The van der Waals surface area contributed by atoms with E-state index in [1.807, 2.05) is 6.92 Å². The van der Waals surface area contributed by atoms with Crippen LogP contribution in [0.3, 0.4) is 0 Å². The molecule has 0 atom stereocenters. The first-order chi connectivity index (χ1) is 7.18. The minimum atomic E-state index is 0.233. The van der Waals surface area contributed by atoms with Gasteiger partial charge in [0.1, 0.15) is 11.5 Å². The maximum atomic E-state index is 9.55. The number of hydrogen-bond donors (Lipinski definition) is 2. The maximum absolute atomic E-state index is 9.55. The summed E-state index contributed by atoms with van der Waals surface area (Å²) in [6, 6.07) is 13.2. The van der Waals surface area contributed by atoms with E-state index in [0.717, 1.165) is 16.7 Å². The fraction of sp³-hybridized carbons (Fsp3) is 0.0769. The van der Waals surface area contributed by atoms with E-state index in [1.54, 1.807) is 36.4 Å². The van der Waals surface area contributed by atoms with Crippen molar-refractivity contribution in [3.05, 3.63) is 48.0 Å². The largest absolute Gasteiger partial charge is 0.508 e. The summed E-state index contributed by atoms with van der Waals surface area (Å²) in [5.74, 6) is 0.494. The Labute approximate surface area is 88.4 Å². The molecular weight excluding hydrogens is 188 g/mol. The second kappa shape index (κ2) is 3.65. The number of aromatic hydroxyl groups is 2. The van der Waals surface area contributed by atoms with Crippen molar-refractivity contribution in [2.45, 2.75) is 6.92 Å². The van der Waals surface area contributed by atoms with Gasteiger partial charge in [0.05, 0.1) is 0 Å². The quantitative estimate of drug-likeness (QED) is 0.741. The molecule has 2 nitrogen and oxygen atoms in total. The fourth-order valence-electron chi connectivity index (χ4n) is 1.49. The Morgan fingerprint density at radius 2 is 1.67 bits per heavy atom. The maximum Gasteiger partial charge on any atom is 0.119 e. The number of hydrogen-bond acceptors (Lipinski definition) is 2. The van der Waals surface area contributed by atoms with E-state index >= 15 is 0 Å². The molecule has 2 rings (SSSR count). The van der Waals surface area contributed by atoms with Crippen molar-refractivity contribution < 1.29 is 10.2 Å². The lowest BCUT2D eigenvalue weighted by Gasteiger charge is -2.06. The Morgan fingerprint density at radius 3 is 2.33 bits per heavy atom. The van der Waals surface area contributed by atoms with Crippen LogP contribution in [0.15, 0.2) is 36.4 Å². The van der Waals surface area contributed by atoms with Crippen molar-refractivity contribution in [1.29, 1.82) is 0 Å². The monoisotopic (exact) mass is 199 g/mol. The molecule has 0 bridgehead atoms. The van der Waals surface area contributed by atoms with Gasteiger partial charge < -0.3 is 10.2 Å². The van der Waals surface area contributed by atoms with Gasteiger partial charge >= 0.3 is 0 Å². The van der Waals surface area contributed by atoms with Crippen molar-refractivity contribution >= 4 is 0 Å². The Morgan fingerprint density at radius 1 is 1.00 bits per heavy atom. The van der Waals surface area contributed by atoms with Crippen molar-refractivity contribution in [3.63, 3.8) is 0 Å². The van der Waals surface area contributed by atoms with Crippen LogP contribution < -0.4 is 0 Å². The normalized spacial score (nSPS) is 10.2. The molecule has 0 fully saturated rings. The Hall–Kier alpha value is -1.96. The van der Waals surface area contributed by atoms with Crippen molar-refractivity contribution in [3.8, 4) is 22.6 Å². The molecule has 0 spiro atoms. The highest BCUT2D eigenvalue weighted by molar-refractivity contribution is 5.69. The van der Waals surface area contributed by atoms with Crippen molar-refractivity contribution in [2.75, 3.05) is 0 Å². The summed E-state index contributed by atoms with van der Waals surface area (Å²) >= 11 is 0. The summed E-state index contributed by atoms with van der Waals surface area (Å²) < 4.78 is 0. The van der Waals surface area contributed by atoms with Crippen LogP contribution in [0, 0.1) is 13.0 Å². The molecular formula is C13H11O2. The molecule has 0 heterocycles. The zero-order chi connectivity index (χ0) is 10.8. The van der Waals surface area contributed by atoms with Crippen LogP contribution >= 0.6 is 0 Å². The molecule has 1 radical (unpaired) electrons. The van der Waals surface area contributed by atoms with E-state index < -0.39 is 0 Å². The van der Waals surface area contributed by atoms with E-state index in [2.05, 4.69) is 6.07 Å². The van der Waals surface area contributed by atoms with Gasteiger partial charge in [-0.3, -0.25) is 0 Å². The number of phenolic OH excluding ortho intramolecular Hbond substituents is 2. The molecule has 0 aliphatic rings. The Balaban J connectivity index is 2.54. The van der Waals surface area contributed by atoms with Gasteiger partial charge in [0.2, 0.25) is 0 Å². The predicted octanol–water partition coefficient (Wildman–Crippen LogP) is 2.87. The smallest absolute Gasteiger partial charge is 0.119 e. The average Bonchev–Trinajstić information content (AvgIpc) is 2.24. The first kappa shape index (κ1) is 9.59. The highest BCUT2D eigenvalue weighted by Gasteiger charge is 2.04. The SMILES string of the molecule is Cc1c(-c2ccc(O)cc2)[c]ccc1O. The molecule has 0 saturated carbocycles. The summed E-state index contributed by atoms with van der Waals surface area (Å²) in [5.41, 5.74) is 2.58. The van der Waals surface area contributed by atoms with Gasteiger partial charge in [-0.05, 0) is 47.9 Å². The van der Waals surface area contributed by atoms with Gasteiger partial charge in [-0.25, -0.2) is 0 Å². The Kier molecular flexibility index (Phi) is 2.34. The third-order valence-corrected chi connectivity index (χ3v) is 2.38. The van der Waals surface area contributed by atoms with Gasteiger partial charge in [-0.2, -0.15) is 0 Å². The van der Waals surface area contributed by atoms with E-state index in [0.29, 0.717) is 0 Å². The van der Waals surface area contributed by atoms with Crippen molar-refractivity contribution in [1.82, 2.24) is 0 Å². The lowest BCUT2D eigenvalue weighted by molar-refractivity contribution is 0.471. The van der Waals surface area contributed by atoms with Crippen LogP contribution in [0.4, 0.5) is 0 Å². The first-order valence-corrected chi connectivity index (χ1v) is 4.68. The second-order valence-corrected chi connectivity index (χ2v) is 3.41.